The fourth-order valence-corrected chi connectivity index (χ4v) is 1.68. The fourth-order valence-electron chi connectivity index (χ4n) is 1.50. The lowest BCUT2D eigenvalue weighted by atomic mass is 10.2. The number of benzene rings is 1. The molecule has 0 bridgehead atoms. The first-order valence-corrected chi connectivity index (χ1v) is 6.11. The summed E-state index contributed by atoms with van der Waals surface area (Å²) >= 11 is 5.87. The van der Waals surface area contributed by atoms with Gasteiger partial charge >= 0.3 is 5.97 Å². The molecule has 5 nitrogen and oxygen atoms in total. The monoisotopic (exact) mass is 284 g/mol. The summed E-state index contributed by atoms with van der Waals surface area (Å²) in [7, 11) is 2.98. The molecule has 1 N–H and O–H groups in total. The Labute approximate surface area is 117 Å². The van der Waals surface area contributed by atoms with Crippen molar-refractivity contribution < 1.29 is 14.3 Å². The van der Waals surface area contributed by atoms with Gasteiger partial charge < -0.3 is 10.1 Å². The fraction of sp³-hybridized carbons (Fsp3) is 0.385. The molecule has 1 aromatic rings. The van der Waals surface area contributed by atoms with E-state index in [2.05, 4.69) is 10.1 Å². The van der Waals surface area contributed by atoms with E-state index < -0.39 is 0 Å². The van der Waals surface area contributed by atoms with Crippen LogP contribution in [0.2, 0.25) is 5.02 Å². The molecule has 0 aliphatic rings. The van der Waals surface area contributed by atoms with Crippen LogP contribution < -0.4 is 5.32 Å². The molecule has 19 heavy (non-hydrogen) atoms. The number of anilines is 1. The zero-order valence-electron chi connectivity index (χ0n) is 11.2. The second-order valence-electron chi connectivity index (χ2n) is 4.26. The van der Waals surface area contributed by atoms with Gasteiger partial charge in [-0.25, -0.2) is 0 Å². The van der Waals surface area contributed by atoms with Gasteiger partial charge in [-0.05, 0) is 31.7 Å². The van der Waals surface area contributed by atoms with Gasteiger partial charge in [-0.15, -0.1) is 0 Å². The number of carbonyl (C=O) groups excluding carboxylic acids is 2. The summed E-state index contributed by atoms with van der Waals surface area (Å²) in [4.78, 5) is 24.4. The van der Waals surface area contributed by atoms with Gasteiger partial charge in [0.2, 0.25) is 5.91 Å². The van der Waals surface area contributed by atoms with Crippen LogP contribution in [0.5, 0.6) is 0 Å². The second-order valence-corrected chi connectivity index (χ2v) is 4.69. The first-order chi connectivity index (χ1) is 8.92. The lowest BCUT2D eigenvalue weighted by molar-refractivity contribution is -0.141. The SMILES string of the molecule is COC(=O)CN(C)CC(=O)Nc1cc(Cl)ccc1C. The molecule has 0 atom stereocenters. The van der Waals surface area contributed by atoms with Crippen LogP contribution >= 0.6 is 11.6 Å². The van der Waals surface area contributed by atoms with E-state index in [1.807, 2.05) is 13.0 Å². The second kappa shape index (κ2) is 7.11. The minimum Gasteiger partial charge on any atom is -0.468 e. The Hall–Kier alpha value is -1.59. The summed E-state index contributed by atoms with van der Waals surface area (Å²) in [6.45, 7) is 2.05. The Morgan fingerprint density at radius 3 is 2.68 bits per heavy atom. The molecule has 1 rings (SSSR count). The predicted octanol–water partition coefficient (Wildman–Crippen LogP) is 1.69. The average Bonchev–Trinajstić information content (AvgIpc) is 2.33. The molecular weight excluding hydrogens is 268 g/mol. The van der Waals surface area contributed by atoms with E-state index in [9.17, 15) is 9.59 Å². The molecule has 0 aromatic heterocycles. The van der Waals surface area contributed by atoms with Gasteiger partial charge in [-0.1, -0.05) is 17.7 Å². The number of halogens is 1. The molecule has 0 heterocycles. The quantitative estimate of drug-likeness (QED) is 0.836. The summed E-state index contributed by atoms with van der Waals surface area (Å²) in [6, 6.07) is 5.28. The van der Waals surface area contributed by atoms with E-state index >= 15 is 0 Å². The van der Waals surface area contributed by atoms with Crippen LogP contribution in [0.4, 0.5) is 5.69 Å². The zero-order chi connectivity index (χ0) is 14.4. The number of amides is 1. The van der Waals surface area contributed by atoms with Crippen molar-refractivity contribution in [1.29, 1.82) is 0 Å². The minimum absolute atomic E-state index is 0.0679. The Balaban J connectivity index is 2.55. The number of methoxy groups -OCH3 is 1. The molecule has 1 aromatic carbocycles. The summed E-state index contributed by atoms with van der Waals surface area (Å²) < 4.78 is 4.53. The lowest BCUT2D eigenvalue weighted by Crippen LogP contribution is -2.34. The molecule has 6 heteroatoms. The van der Waals surface area contributed by atoms with Gasteiger partial charge in [0.05, 0.1) is 20.2 Å². The van der Waals surface area contributed by atoms with Crippen molar-refractivity contribution in [1.82, 2.24) is 4.90 Å². The minimum atomic E-state index is -0.380. The molecule has 0 saturated carbocycles. The van der Waals surface area contributed by atoms with Crippen LogP contribution in [-0.4, -0.2) is 44.0 Å². The van der Waals surface area contributed by atoms with E-state index in [4.69, 9.17) is 11.6 Å². The Morgan fingerprint density at radius 2 is 2.05 bits per heavy atom. The summed E-state index contributed by atoms with van der Waals surface area (Å²) in [5, 5.41) is 3.32. The lowest BCUT2D eigenvalue weighted by Gasteiger charge is -2.15. The number of aryl methyl sites for hydroxylation is 1. The molecular formula is C13H17ClN2O3. The molecule has 0 saturated heterocycles. The number of ether oxygens (including phenoxy) is 1. The molecule has 0 spiro atoms. The van der Waals surface area contributed by atoms with E-state index in [1.165, 1.54) is 7.11 Å². The van der Waals surface area contributed by atoms with E-state index in [0.717, 1.165) is 5.56 Å². The van der Waals surface area contributed by atoms with Crippen molar-refractivity contribution in [3.63, 3.8) is 0 Å². The molecule has 0 radical (unpaired) electrons. The van der Waals surface area contributed by atoms with Crippen molar-refractivity contribution >= 4 is 29.2 Å². The number of nitrogens with one attached hydrogen (secondary N) is 1. The topological polar surface area (TPSA) is 58.6 Å². The van der Waals surface area contributed by atoms with E-state index in [0.29, 0.717) is 10.7 Å². The van der Waals surface area contributed by atoms with Crippen LogP contribution in [0.15, 0.2) is 18.2 Å². The van der Waals surface area contributed by atoms with Crippen LogP contribution in [0, 0.1) is 6.92 Å². The molecule has 1 amide bonds. The maximum atomic E-state index is 11.8. The van der Waals surface area contributed by atoms with Crippen LogP contribution in [-0.2, 0) is 14.3 Å². The first-order valence-electron chi connectivity index (χ1n) is 5.73. The standard InChI is InChI=1S/C13H17ClN2O3/c1-9-4-5-10(14)6-11(9)15-12(17)7-16(2)8-13(18)19-3/h4-6H,7-8H2,1-3H3,(H,15,17). The largest absolute Gasteiger partial charge is 0.468 e. The van der Waals surface area contributed by atoms with Crippen molar-refractivity contribution in [2.24, 2.45) is 0 Å². The summed E-state index contributed by atoms with van der Waals surface area (Å²) in [5.74, 6) is -0.592. The maximum absolute atomic E-state index is 11.8. The van der Waals surface area contributed by atoms with Crippen molar-refractivity contribution in [2.75, 3.05) is 32.6 Å². The number of carbonyl (C=O) groups is 2. The van der Waals surface area contributed by atoms with Gasteiger partial charge in [0, 0.05) is 10.7 Å². The zero-order valence-corrected chi connectivity index (χ0v) is 12.0. The third-order valence-corrected chi connectivity index (χ3v) is 2.75. The Kier molecular flexibility index (Phi) is 5.79. The number of hydrogen-bond acceptors (Lipinski definition) is 4. The number of hydrogen-bond donors (Lipinski definition) is 1. The molecule has 0 aliphatic carbocycles. The van der Waals surface area contributed by atoms with Gasteiger partial charge in [-0.3, -0.25) is 14.5 Å². The van der Waals surface area contributed by atoms with Crippen LogP contribution in [0.3, 0.4) is 0 Å². The van der Waals surface area contributed by atoms with Crippen molar-refractivity contribution in [2.45, 2.75) is 6.92 Å². The normalized spacial score (nSPS) is 10.4. The maximum Gasteiger partial charge on any atom is 0.319 e. The highest BCUT2D eigenvalue weighted by Gasteiger charge is 2.11. The summed E-state index contributed by atoms with van der Waals surface area (Å²) in [5.41, 5.74) is 1.59. The molecule has 0 fully saturated rings. The van der Waals surface area contributed by atoms with Gasteiger partial charge in [0.1, 0.15) is 0 Å². The number of likely N-dealkylation sites (N-methyl/N-ethyl adjacent to an activating group) is 1. The van der Waals surface area contributed by atoms with Gasteiger partial charge in [0.25, 0.3) is 0 Å². The van der Waals surface area contributed by atoms with Crippen LogP contribution in [0.25, 0.3) is 0 Å². The van der Waals surface area contributed by atoms with E-state index in [1.54, 1.807) is 24.1 Å². The van der Waals surface area contributed by atoms with Crippen molar-refractivity contribution in [3.05, 3.63) is 28.8 Å². The Morgan fingerprint density at radius 1 is 1.37 bits per heavy atom. The highest BCUT2D eigenvalue weighted by Crippen LogP contribution is 2.19. The van der Waals surface area contributed by atoms with Gasteiger partial charge in [0.15, 0.2) is 0 Å². The Bertz CT molecular complexity index is 477. The smallest absolute Gasteiger partial charge is 0.319 e. The highest BCUT2D eigenvalue weighted by atomic mass is 35.5. The predicted molar refractivity (Wildman–Crippen MR) is 74.3 cm³/mol. The number of nitrogens with zero attached hydrogens (tertiary/aromatic N) is 1. The van der Waals surface area contributed by atoms with Gasteiger partial charge in [-0.2, -0.15) is 0 Å². The first kappa shape index (κ1) is 15.5. The third kappa shape index (κ3) is 5.28. The highest BCUT2D eigenvalue weighted by molar-refractivity contribution is 6.31. The third-order valence-electron chi connectivity index (χ3n) is 2.51. The molecule has 0 aliphatic heterocycles. The summed E-state index contributed by atoms with van der Waals surface area (Å²) in [6.07, 6.45) is 0. The molecule has 0 unspecified atom stereocenters. The van der Waals surface area contributed by atoms with Crippen molar-refractivity contribution in [3.8, 4) is 0 Å². The van der Waals surface area contributed by atoms with E-state index in [-0.39, 0.29) is 25.0 Å². The number of rotatable bonds is 5. The molecule has 104 valence electrons. The van der Waals surface area contributed by atoms with Crippen LogP contribution in [0.1, 0.15) is 5.56 Å². The number of esters is 1. The average molecular weight is 285 g/mol.